The second-order valence-corrected chi connectivity index (χ2v) is 13.3. The number of amides is 2. The monoisotopic (exact) mass is 572 g/mol. The highest BCUT2D eigenvalue weighted by atomic mass is 32.2. The molecule has 0 atom stereocenters. The van der Waals surface area contributed by atoms with Gasteiger partial charge in [-0.05, 0) is 71.4 Å². The number of carbonyl (C=O) groups is 3. The number of esters is 1. The highest BCUT2D eigenvalue weighted by Crippen LogP contribution is 2.35. The first kappa shape index (κ1) is 30.6. The molecule has 3 rings (SSSR count). The minimum Gasteiger partial charge on any atom is -0.459 e. The maximum Gasteiger partial charge on any atom is 0.407 e. The summed E-state index contributed by atoms with van der Waals surface area (Å²) >= 11 is 0. The smallest absolute Gasteiger partial charge is 0.407 e. The van der Waals surface area contributed by atoms with E-state index < -0.39 is 39.8 Å². The molecule has 0 saturated heterocycles. The van der Waals surface area contributed by atoms with Crippen molar-refractivity contribution in [1.82, 2.24) is 9.62 Å². The Bertz CT molecular complexity index is 1440. The van der Waals surface area contributed by atoms with E-state index in [-0.39, 0.29) is 17.3 Å². The standard InChI is InChI=1S/C28H36N4O7S/c1-27(2,3)38-23(33)17-32(7)40(36,37)20-12-9-11-19(14-20)29-16-21-24-18(10-8-13-22(24)31-25(21)34)15-30-26(35)39-28(4,5)6/h8-14,16,29H,15,17H2,1-7H3,(H,30,35)(H,31,34)/b21-16-. The molecule has 0 aliphatic carbocycles. The lowest BCUT2D eigenvalue weighted by Crippen LogP contribution is -2.36. The Kier molecular flexibility index (Phi) is 8.95. The summed E-state index contributed by atoms with van der Waals surface area (Å²) in [5.41, 5.74) is 1.21. The Labute approximate surface area is 235 Å². The zero-order valence-corrected chi connectivity index (χ0v) is 24.6. The van der Waals surface area contributed by atoms with Crippen molar-refractivity contribution in [2.45, 2.75) is 64.2 Å². The fourth-order valence-electron chi connectivity index (χ4n) is 3.81. The fourth-order valence-corrected chi connectivity index (χ4v) is 4.98. The molecule has 3 N–H and O–H groups in total. The summed E-state index contributed by atoms with van der Waals surface area (Å²) in [5, 5.41) is 8.49. The molecule has 0 bridgehead atoms. The minimum absolute atomic E-state index is 0.0412. The molecular formula is C28H36N4O7S. The van der Waals surface area contributed by atoms with Gasteiger partial charge >= 0.3 is 12.1 Å². The zero-order valence-electron chi connectivity index (χ0n) is 23.7. The Balaban J connectivity index is 1.79. The van der Waals surface area contributed by atoms with Crippen molar-refractivity contribution >= 4 is 44.9 Å². The van der Waals surface area contributed by atoms with Gasteiger partial charge in [-0.15, -0.1) is 0 Å². The molecule has 0 spiro atoms. The molecule has 1 aliphatic heterocycles. The third-order valence-electron chi connectivity index (χ3n) is 5.43. The molecule has 0 aromatic heterocycles. The number of alkyl carbamates (subject to hydrolysis) is 1. The van der Waals surface area contributed by atoms with E-state index >= 15 is 0 Å². The summed E-state index contributed by atoms with van der Waals surface area (Å²) in [7, 11) is -2.70. The number of fused-ring (bicyclic) bond motifs is 1. The molecule has 1 aliphatic rings. The van der Waals surface area contributed by atoms with Gasteiger partial charge in [0.25, 0.3) is 5.91 Å². The van der Waals surface area contributed by atoms with Crippen LogP contribution in [0.4, 0.5) is 16.2 Å². The van der Waals surface area contributed by atoms with E-state index in [0.29, 0.717) is 28.1 Å². The average Bonchev–Trinajstić information content (AvgIpc) is 3.14. The van der Waals surface area contributed by atoms with Crippen LogP contribution < -0.4 is 16.0 Å². The number of likely N-dealkylation sites (N-methyl/N-ethyl adjacent to an activating group) is 1. The maximum atomic E-state index is 13.1. The van der Waals surface area contributed by atoms with Crippen molar-refractivity contribution in [2.24, 2.45) is 0 Å². The first-order chi connectivity index (χ1) is 18.5. The SMILES string of the molecule is CN(CC(=O)OC(C)(C)C)S(=O)(=O)c1cccc(N/C=C2\C(=O)Nc3cccc(CNC(=O)OC(C)(C)C)c32)c1. The second kappa shape index (κ2) is 11.7. The van der Waals surface area contributed by atoms with Crippen LogP contribution in [0.2, 0.25) is 0 Å². The number of nitrogens with zero attached hydrogens (tertiary/aromatic N) is 1. The number of sulfonamides is 1. The molecule has 11 nitrogen and oxygen atoms in total. The van der Waals surface area contributed by atoms with Crippen LogP contribution in [0.5, 0.6) is 0 Å². The number of hydrogen-bond acceptors (Lipinski definition) is 8. The number of carbonyl (C=O) groups excluding carboxylic acids is 3. The van der Waals surface area contributed by atoms with E-state index in [9.17, 15) is 22.8 Å². The molecule has 0 saturated carbocycles. The average molecular weight is 573 g/mol. The molecule has 1 heterocycles. The van der Waals surface area contributed by atoms with Gasteiger partial charge in [-0.2, -0.15) is 4.31 Å². The first-order valence-electron chi connectivity index (χ1n) is 12.6. The summed E-state index contributed by atoms with van der Waals surface area (Å²) in [5.74, 6) is -1.02. The first-order valence-corrected chi connectivity index (χ1v) is 14.1. The third-order valence-corrected chi connectivity index (χ3v) is 7.23. The number of anilines is 2. The van der Waals surface area contributed by atoms with Gasteiger partial charge in [-0.3, -0.25) is 9.59 Å². The third kappa shape index (κ3) is 8.06. The lowest BCUT2D eigenvalue weighted by atomic mass is 10.0. The van der Waals surface area contributed by atoms with Crippen molar-refractivity contribution in [3.63, 3.8) is 0 Å². The Morgan fingerprint density at radius 3 is 2.30 bits per heavy atom. The topological polar surface area (TPSA) is 143 Å². The van der Waals surface area contributed by atoms with Crippen LogP contribution in [0.3, 0.4) is 0 Å². The number of ether oxygens (including phenoxy) is 2. The zero-order chi connectivity index (χ0) is 29.9. The van der Waals surface area contributed by atoms with Crippen LogP contribution in [0.15, 0.2) is 53.6 Å². The van der Waals surface area contributed by atoms with E-state index in [1.54, 1.807) is 71.9 Å². The van der Waals surface area contributed by atoms with Crippen LogP contribution in [-0.2, 0) is 35.6 Å². The van der Waals surface area contributed by atoms with E-state index in [0.717, 1.165) is 4.31 Å². The highest BCUT2D eigenvalue weighted by molar-refractivity contribution is 7.89. The molecule has 0 radical (unpaired) electrons. The number of benzene rings is 2. The number of nitrogens with one attached hydrogen (secondary N) is 3. The van der Waals surface area contributed by atoms with Gasteiger partial charge in [-0.25, -0.2) is 13.2 Å². The number of rotatable bonds is 8. The minimum atomic E-state index is -4.00. The summed E-state index contributed by atoms with van der Waals surface area (Å²) in [6, 6.07) is 11.3. The van der Waals surface area contributed by atoms with Crippen LogP contribution in [0, 0.1) is 0 Å². The summed E-state index contributed by atoms with van der Waals surface area (Å²) < 4.78 is 37.6. The lowest BCUT2D eigenvalue weighted by Gasteiger charge is -2.22. The predicted molar refractivity (Wildman–Crippen MR) is 152 cm³/mol. The van der Waals surface area contributed by atoms with Crippen molar-refractivity contribution in [2.75, 3.05) is 24.2 Å². The molecule has 2 aromatic carbocycles. The van der Waals surface area contributed by atoms with Crippen molar-refractivity contribution < 1.29 is 32.3 Å². The van der Waals surface area contributed by atoms with Gasteiger partial charge in [-0.1, -0.05) is 18.2 Å². The van der Waals surface area contributed by atoms with Gasteiger partial charge in [0.05, 0.1) is 10.5 Å². The molecule has 40 heavy (non-hydrogen) atoms. The molecule has 12 heteroatoms. The van der Waals surface area contributed by atoms with Gasteiger partial charge in [0, 0.05) is 36.7 Å². The van der Waals surface area contributed by atoms with E-state index in [2.05, 4.69) is 16.0 Å². The molecule has 2 amide bonds. The Morgan fingerprint density at radius 2 is 1.65 bits per heavy atom. The largest absolute Gasteiger partial charge is 0.459 e. The van der Waals surface area contributed by atoms with Crippen LogP contribution >= 0.6 is 0 Å². The molecule has 2 aromatic rings. The summed E-state index contributed by atoms with van der Waals surface area (Å²) in [6.07, 6.45) is 0.898. The number of hydrogen-bond donors (Lipinski definition) is 3. The van der Waals surface area contributed by atoms with E-state index in [1.807, 2.05) is 0 Å². The van der Waals surface area contributed by atoms with Crippen LogP contribution in [-0.4, -0.2) is 55.5 Å². The molecule has 216 valence electrons. The van der Waals surface area contributed by atoms with Crippen molar-refractivity contribution in [1.29, 1.82) is 0 Å². The van der Waals surface area contributed by atoms with E-state index in [1.165, 1.54) is 25.4 Å². The summed E-state index contributed by atoms with van der Waals surface area (Å²) in [6.45, 7) is 10.1. The van der Waals surface area contributed by atoms with Crippen molar-refractivity contribution in [3.8, 4) is 0 Å². The molecule has 0 unspecified atom stereocenters. The summed E-state index contributed by atoms with van der Waals surface area (Å²) in [4.78, 5) is 37.0. The van der Waals surface area contributed by atoms with Gasteiger partial charge in [0.2, 0.25) is 10.0 Å². The quantitative estimate of drug-likeness (QED) is 0.317. The maximum absolute atomic E-state index is 13.1. The fraction of sp³-hybridized carbons (Fsp3) is 0.393. The highest BCUT2D eigenvalue weighted by Gasteiger charge is 2.28. The Morgan fingerprint density at radius 1 is 1.00 bits per heavy atom. The van der Waals surface area contributed by atoms with Gasteiger partial charge in [0.15, 0.2) is 0 Å². The van der Waals surface area contributed by atoms with Gasteiger partial charge < -0.3 is 25.4 Å². The van der Waals surface area contributed by atoms with Crippen LogP contribution in [0.25, 0.3) is 5.57 Å². The van der Waals surface area contributed by atoms with Crippen LogP contribution in [0.1, 0.15) is 52.7 Å². The predicted octanol–water partition coefficient (Wildman–Crippen LogP) is 4.08. The molecular weight excluding hydrogens is 536 g/mol. The second-order valence-electron chi connectivity index (χ2n) is 11.2. The van der Waals surface area contributed by atoms with Gasteiger partial charge in [0.1, 0.15) is 17.7 Å². The van der Waals surface area contributed by atoms with Crippen molar-refractivity contribution in [3.05, 3.63) is 59.8 Å². The Hall–Kier alpha value is -3.90. The van der Waals surface area contributed by atoms with E-state index in [4.69, 9.17) is 9.47 Å². The normalized spacial score (nSPS) is 14.5. The molecule has 0 fully saturated rings. The lowest BCUT2D eigenvalue weighted by molar-refractivity contribution is -0.154.